The van der Waals surface area contributed by atoms with Crippen LogP contribution >= 0.6 is 15.9 Å². The quantitative estimate of drug-likeness (QED) is 0.614. The van der Waals surface area contributed by atoms with Gasteiger partial charge in [0.2, 0.25) is 0 Å². The van der Waals surface area contributed by atoms with Gasteiger partial charge in [0.05, 0.1) is 5.56 Å². The van der Waals surface area contributed by atoms with Crippen molar-refractivity contribution in [2.24, 2.45) is 7.05 Å². The Morgan fingerprint density at radius 3 is 2.83 bits per heavy atom. The summed E-state index contributed by atoms with van der Waals surface area (Å²) in [5.41, 5.74) is 0.795. The molecule has 0 atom stereocenters. The lowest BCUT2D eigenvalue weighted by atomic mass is 10.3. The predicted octanol–water partition coefficient (Wildman–Crippen LogP) is 1.52. The van der Waals surface area contributed by atoms with Crippen molar-refractivity contribution in [3.8, 4) is 11.8 Å². The van der Waals surface area contributed by atoms with Gasteiger partial charge in [-0.15, -0.1) is 5.92 Å². The highest BCUT2D eigenvalue weighted by Crippen LogP contribution is 2.11. The molecule has 0 saturated heterocycles. The van der Waals surface area contributed by atoms with Gasteiger partial charge in [0.15, 0.2) is 0 Å². The average Bonchev–Trinajstić information content (AvgIpc) is 2.01. The number of rotatable bonds is 0. The third kappa shape index (κ3) is 1.77. The van der Waals surface area contributed by atoms with E-state index in [2.05, 4.69) is 27.8 Å². The minimum absolute atomic E-state index is 0.0384. The van der Waals surface area contributed by atoms with E-state index in [9.17, 15) is 4.79 Å². The molecule has 12 heavy (non-hydrogen) atoms. The van der Waals surface area contributed by atoms with Crippen LogP contribution in [0.2, 0.25) is 0 Å². The minimum atomic E-state index is -0.0384. The first kappa shape index (κ1) is 9.08. The fourth-order valence-corrected chi connectivity index (χ4v) is 1.23. The van der Waals surface area contributed by atoms with Crippen molar-refractivity contribution in [3.63, 3.8) is 0 Å². The molecule has 62 valence electrons. The molecule has 0 saturated carbocycles. The topological polar surface area (TPSA) is 22.0 Å². The maximum atomic E-state index is 11.1. The standard InChI is InChI=1S/C9H8BrNO/c1-3-4-7-6-11(2)9(12)5-8(7)10/h5-6H,1-2H3. The van der Waals surface area contributed by atoms with Crippen LogP contribution in [0.1, 0.15) is 12.5 Å². The molecule has 0 aliphatic rings. The molecule has 0 fully saturated rings. The van der Waals surface area contributed by atoms with Crippen LogP contribution in [-0.4, -0.2) is 4.57 Å². The molecular weight excluding hydrogens is 218 g/mol. The molecule has 2 nitrogen and oxygen atoms in total. The molecule has 0 aromatic carbocycles. The van der Waals surface area contributed by atoms with Crippen molar-refractivity contribution in [3.05, 3.63) is 32.7 Å². The Bertz CT molecular complexity index is 409. The smallest absolute Gasteiger partial charge is 0.251 e. The zero-order valence-electron chi connectivity index (χ0n) is 6.89. The number of pyridine rings is 1. The van der Waals surface area contributed by atoms with E-state index < -0.39 is 0 Å². The molecule has 1 aromatic rings. The van der Waals surface area contributed by atoms with Crippen LogP contribution in [0.5, 0.6) is 0 Å². The van der Waals surface area contributed by atoms with Crippen LogP contribution in [0.3, 0.4) is 0 Å². The van der Waals surface area contributed by atoms with Crippen LogP contribution in [0.15, 0.2) is 21.5 Å². The van der Waals surface area contributed by atoms with Crippen molar-refractivity contribution in [2.75, 3.05) is 0 Å². The monoisotopic (exact) mass is 225 g/mol. The van der Waals surface area contributed by atoms with Crippen molar-refractivity contribution < 1.29 is 0 Å². The zero-order valence-corrected chi connectivity index (χ0v) is 8.47. The normalized spacial score (nSPS) is 8.92. The maximum absolute atomic E-state index is 11.1. The Balaban J connectivity index is 3.39. The number of aryl methyl sites for hydroxylation is 1. The fourth-order valence-electron chi connectivity index (χ4n) is 0.834. The second kappa shape index (κ2) is 3.59. The largest absolute Gasteiger partial charge is 0.317 e. The second-order valence-corrected chi connectivity index (χ2v) is 3.21. The van der Waals surface area contributed by atoms with E-state index in [0.717, 1.165) is 10.0 Å². The molecule has 0 spiro atoms. The van der Waals surface area contributed by atoms with Gasteiger partial charge in [0.1, 0.15) is 0 Å². The summed E-state index contributed by atoms with van der Waals surface area (Å²) >= 11 is 3.27. The van der Waals surface area contributed by atoms with Gasteiger partial charge in [-0.3, -0.25) is 4.79 Å². The Morgan fingerprint density at radius 2 is 2.25 bits per heavy atom. The highest BCUT2D eigenvalue weighted by atomic mass is 79.9. The van der Waals surface area contributed by atoms with E-state index in [0.29, 0.717) is 0 Å². The Kier molecular flexibility index (Phi) is 2.72. The van der Waals surface area contributed by atoms with Crippen LogP contribution in [0, 0.1) is 11.8 Å². The summed E-state index contributed by atoms with van der Waals surface area (Å²) in [6.07, 6.45) is 1.71. The molecule has 0 radical (unpaired) electrons. The molecule has 1 heterocycles. The first-order chi connectivity index (χ1) is 5.65. The maximum Gasteiger partial charge on any atom is 0.251 e. The van der Waals surface area contributed by atoms with E-state index >= 15 is 0 Å². The van der Waals surface area contributed by atoms with E-state index in [-0.39, 0.29) is 5.56 Å². The summed E-state index contributed by atoms with van der Waals surface area (Å²) in [6.45, 7) is 1.76. The van der Waals surface area contributed by atoms with Gasteiger partial charge >= 0.3 is 0 Å². The van der Waals surface area contributed by atoms with E-state index in [1.807, 2.05) is 0 Å². The summed E-state index contributed by atoms with van der Waals surface area (Å²) in [4.78, 5) is 11.1. The summed E-state index contributed by atoms with van der Waals surface area (Å²) in [5, 5.41) is 0. The molecule has 1 rings (SSSR count). The Labute approximate surface area is 79.3 Å². The van der Waals surface area contributed by atoms with Gasteiger partial charge in [0.25, 0.3) is 5.56 Å². The van der Waals surface area contributed by atoms with E-state index in [1.165, 1.54) is 10.6 Å². The zero-order chi connectivity index (χ0) is 9.14. The Morgan fingerprint density at radius 1 is 1.58 bits per heavy atom. The number of halogens is 1. The van der Waals surface area contributed by atoms with Gasteiger partial charge < -0.3 is 4.57 Å². The van der Waals surface area contributed by atoms with Crippen molar-refractivity contribution >= 4 is 15.9 Å². The second-order valence-electron chi connectivity index (χ2n) is 2.36. The van der Waals surface area contributed by atoms with Crippen LogP contribution in [-0.2, 0) is 7.05 Å². The van der Waals surface area contributed by atoms with Gasteiger partial charge in [-0.05, 0) is 22.9 Å². The molecular formula is C9H8BrNO. The van der Waals surface area contributed by atoms with Crippen LogP contribution in [0.4, 0.5) is 0 Å². The van der Waals surface area contributed by atoms with Crippen LogP contribution < -0.4 is 5.56 Å². The lowest BCUT2D eigenvalue weighted by molar-refractivity contribution is 0.855. The molecule has 0 unspecified atom stereocenters. The summed E-state index contributed by atoms with van der Waals surface area (Å²) in [6, 6.07) is 1.51. The van der Waals surface area contributed by atoms with Gasteiger partial charge in [-0.2, -0.15) is 0 Å². The van der Waals surface area contributed by atoms with Gasteiger partial charge in [0, 0.05) is 23.8 Å². The number of hydrogen-bond donors (Lipinski definition) is 0. The number of nitrogens with zero attached hydrogens (tertiary/aromatic N) is 1. The summed E-state index contributed by atoms with van der Waals surface area (Å²) in [5.74, 6) is 5.66. The van der Waals surface area contributed by atoms with Crippen molar-refractivity contribution in [1.82, 2.24) is 4.57 Å². The van der Waals surface area contributed by atoms with Crippen molar-refractivity contribution in [2.45, 2.75) is 6.92 Å². The fraction of sp³-hybridized carbons (Fsp3) is 0.222. The third-order valence-corrected chi connectivity index (χ3v) is 2.09. The first-order valence-corrected chi connectivity index (χ1v) is 4.23. The lowest BCUT2D eigenvalue weighted by Gasteiger charge is -1.99. The molecule has 1 aromatic heterocycles. The molecule has 0 aliphatic carbocycles. The SMILES string of the molecule is CC#Cc1cn(C)c(=O)cc1Br. The Hall–Kier alpha value is -1.01. The average molecular weight is 226 g/mol. The molecule has 0 N–H and O–H groups in total. The number of hydrogen-bond acceptors (Lipinski definition) is 1. The van der Waals surface area contributed by atoms with Crippen LogP contribution in [0.25, 0.3) is 0 Å². The molecule has 0 bridgehead atoms. The summed E-state index contributed by atoms with van der Waals surface area (Å²) < 4.78 is 2.25. The minimum Gasteiger partial charge on any atom is -0.317 e. The van der Waals surface area contributed by atoms with Crippen molar-refractivity contribution in [1.29, 1.82) is 0 Å². The lowest BCUT2D eigenvalue weighted by Crippen LogP contribution is -2.15. The van der Waals surface area contributed by atoms with E-state index in [1.54, 1.807) is 20.2 Å². The predicted molar refractivity (Wildman–Crippen MR) is 51.9 cm³/mol. The molecule has 3 heteroatoms. The van der Waals surface area contributed by atoms with Gasteiger partial charge in [-0.25, -0.2) is 0 Å². The highest BCUT2D eigenvalue weighted by molar-refractivity contribution is 9.10. The van der Waals surface area contributed by atoms with E-state index in [4.69, 9.17) is 0 Å². The highest BCUT2D eigenvalue weighted by Gasteiger charge is 1.98. The molecule has 0 aliphatic heterocycles. The molecule has 0 amide bonds. The van der Waals surface area contributed by atoms with Gasteiger partial charge in [-0.1, -0.05) is 5.92 Å². The number of aromatic nitrogens is 1. The third-order valence-electron chi connectivity index (χ3n) is 1.44. The summed E-state index contributed by atoms with van der Waals surface area (Å²) in [7, 11) is 1.70. The first-order valence-electron chi connectivity index (χ1n) is 3.44.